The van der Waals surface area contributed by atoms with Crippen LogP contribution in [0.4, 0.5) is 0 Å². The van der Waals surface area contributed by atoms with E-state index in [1.807, 2.05) is 24.3 Å². The number of carbonyl (C=O) groups excluding carboxylic acids is 1. The first-order valence-corrected chi connectivity index (χ1v) is 7.27. The summed E-state index contributed by atoms with van der Waals surface area (Å²) >= 11 is 0. The Balaban J connectivity index is 2.01. The van der Waals surface area contributed by atoms with Crippen molar-refractivity contribution in [3.63, 3.8) is 0 Å². The highest BCUT2D eigenvalue weighted by atomic mass is 16.5. The first kappa shape index (κ1) is 13.1. The predicted molar refractivity (Wildman–Crippen MR) is 79.3 cm³/mol. The molecule has 0 atom stereocenters. The van der Waals surface area contributed by atoms with Gasteiger partial charge in [0.05, 0.1) is 18.9 Å². The lowest BCUT2D eigenvalue weighted by molar-refractivity contribution is 0.0952. The summed E-state index contributed by atoms with van der Waals surface area (Å²) < 4.78 is 5.21. The molecule has 1 fully saturated rings. The molecule has 0 aromatic heterocycles. The van der Waals surface area contributed by atoms with Crippen LogP contribution in [0.3, 0.4) is 0 Å². The maximum atomic E-state index is 12.2. The van der Waals surface area contributed by atoms with Crippen molar-refractivity contribution >= 4 is 11.5 Å². The maximum Gasteiger partial charge on any atom is 0.228 e. The minimum absolute atomic E-state index is 0.0503. The maximum absolute atomic E-state index is 12.2. The van der Waals surface area contributed by atoms with Crippen LogP contribution < -0.4 is 0 Å². The van der Waals surface area contributed by atoms with Crippen LogP contribution in [0.25, 0.3) is 0 Å². The van der Waals surface area contributed by atoms with E-state index < -0.39 is 0 Å². The van der Waals surface area contributed by atoms with E-state index in [2.05, 4.69) is 0 Å². The van der Waals surface area contributed by atoms with Crippen LogP contribution in [0.1, 0.15) is 48.0 Å². The van der Waals surface area contributed by atoms with Crippen molar-refractivity contribution < 1.29 is 9.53 Å². The van der Waals surface area contributed by atoms with Gasteiger partial charge in [0.25, 0.3) is 0 Å². The van der Waals surface area contributed by atoms with Crippen molar-refractivity contribution in [2.24, 2.45) is 4.99 Å². The number of hydrogen-bond acceptors (Lipinski definition) is 3. The first-order valence-electron chi connectivity index (χ1n) is 7.27. The number of rotatable bonds is 2. The highest BCUT2D eigenvalue weighted by Crippen LogP contribution is 2.25. The van der Waals surface area contributed by atoms with E-state index in [9.17, 15) is 4.79 Å². The Kier molecular flexibility index (Phi) is 3.68. The molecule has 0 bridgehead atoms. The first-order chi connectivity index (χ1) is 9.79. The monoisotopic (exact) mass is 269 g/mol. The molecule has 2 aliphatic rings. The highest BCUT2D eigenvalue weighted by Gasteiger charge is 2.25. The number of hydrogen-bond donors (Lipinski definition) is 0. The van der Waals surface area contributed by atoms with Crippen LogP contribution >= 0.6 is 0 Å². The lowest BCUT2D eigenvalue weighted by atomic mass is 9.91. The number of nitrogens with zero attached hydrogens (tertiary/aromatic N) is 1. The molecule has 0 amide bonds. The molecule has 1 saturated carbocycles. The smallest absolute Gasteiger partial charge is 0.228 e. The van der Waals surface area contributed by atoms with Gasteiger partial charge >= 0.3 is 0 Å². The van der Waals surface area contributed by atoms with Gasteiger partial charge in [0.1, 0.15) is 0 Å². The Morgan fingerprint density at radius 3 is 2.50 bits per heavy atom. The lowest BCUT2D eigenvalue weighted by Gasteiger charge is -2.21. The molecule has 0 saturated heterocycles. The fourth-order valence-electron chi connectivity index (χ4n) is 2.97. The molecule has 0 aliphatic heterocycles. The van der Waals surface area contributed by atoms with Crippen LogP contribution in [-0.4, -0.2) is 24.6 Å². The normalized spacial score (nSPS) is 21.6. The summed E-state index contributed by atoms with van der Waals surface area (Å²) in [5.74, 6) is 0.337. The number of fused-ring (bicyclic) bond motifs is 1. The number of ether oxygens (including phenoxy) is 1. The summed E-state index contributed by atoms with van der Waals surface area (Å²) in [6.45, 7) is 0. The standard InChI is InChI=1S/C17H19NO2/c1-20-16-11-15(18-12-7-3-2-4-8-12)13-9-5-6-10-14(13)17(16)19/h5-6,9-12H,2-4,7-8H2,1H3/b18-15+. The highest BCUT2D eigenvalue weighted by molar-refractivity contribution is 6.25. The van der Waals surface area contributed by atoms with Gasteiger partial charge in [-0.2, -0.15) is 0 Å². The van der Waals surface area contributed by atoms with Gasteiger partial charge in [-0.3, -0.25) is 9.79 Å². The third-order valence-electron chi connectivity index (χ3n) is 4.06. The number of ketones is 1. The molecule has 0 spiro atoms. The number of aliphatic imine (C=N–C) groups is 1. The van der Waals surface area contributed by atoms with Crippen LogP contribution in [0.15, 0.2) is 41.1 Å². The van der Waals surface area contributed by atoms with Crippen molar-refractivity contribution in [3.8, 4) is 0 Å². The van der Waals surface area contributed by atoms with Crippen LogP contribution in [-0.2, 0) is 4.74 Å². The van der Waals surface area contributed by atoms with E-state index in [4.69, 9.17) is 9.73 Å². The quantitative estimate of drug-likeness (QED) is 0.823. The van der Waals surface area contributed by atoms with Crippen molar-refractivity contribution in [3.05, 3.63) is 47.2 Å². The van der Waals surface area contributed by atoms with E-state index in [0.717, 1.165) is 24.1 Å². The average Bonchev–Trinajstić information content (AvgIpc) is 2.51. The zero-order chi connectivity index (χ0) is 13.9. The van der Waals surface area contributed by atoms with Gasteiger partial charge in [-0.25, -0.2) is 0 Å². The molecule has 20 heavy (non-hydrogen) atoms. The fourth-order valence-corrected chi connectivity index (χ4v) is 2.97. The molecule has 0 radical (unpaired) electrons. The Morgan fingerprint density at radius 2 is 1.80 bits per heavy atom. The van der Waals surface area contributed by atoms with Crippen LogP contribution in [0, 0.1) is 0 Å². The number of carbonyl (C=O) groups is 1. The zero-order valence-electron chi connectivity index (χ0n) is 11.8. The molecule has 104 valence electrons. The number of Topliss-reactive ketones (excluding diaryl/α,β-unsaturated/α-hetero) is 1. The summed E-state index contributed by atoms with van der Waals surface area (Å²) in [7, 11) is 1.54. The van der Waals surface area contributed by atoms with Crippen molar-refractivity contribution in [2.75, 3.05) is 7.11 Å². The molecule has 0 heterocycles. The molecular weight excluding hydrogens is 250 g/mol. The molecule has 0 N–H and O–H groups in total. The van der Waals surface area contributed by atoms with Crippen LogP contribution in [0.5, 0.6) is 0 Å². The van der Waals surface area contributed by atoms with Gasteiger partial charge in [0, 0.05) is 17.2 Å². The van der Waals surface area contributed by atoms with E-state index >= 15 is 0 Å². The Hall–Kier alpha value is -1.90. The molecule has 2 aliphatic carbocycles. The third kappa shape index (κ3) is 2.40. The zero-order valence-corrected chi connectivity index (χ0v) is 11.8. The largest absolute Gasteiger partial charge is 0.493 e. The van der Waals surface area contributed by atoms with E-state index in [-0.39, 0.29) is 5.78 Å². The van der Waals surface area contributed by atoms with Crippen molar-refractivity contribution in [2.45, 2.75) is 38.1 Å². The summed E-state index contributed by atoms with van der Waals surface area (Å²) in [4.78, 5) is 17.1. The Bertz CT molecular complexity index is 580. The molecule has 0 unspecified atom stereocenters. The van der Waals surface area contributed by atoms with Gasteiger partial charge in [-0.15, -0.1) is 0 Å². The third-order valence-corrected chi connectivity index (χ3v) is 4.06. The fraction of sp³-hybridized carbons (Fsp3) is 0.412. The SMILES string of the molecule is COC1=C/C(=N\C2CCCCC2)c2ccccc2C1=O. The number of methoxy groups -OCH3 is 1. The van der Waals surface area contributed by atoms with Crippen molar-refractivity contribution in [1.82, 2.24) is 0 Å². The minimum Gasteiger partial charge on any atom is -0.493 e. The molecule has 3 rings (SSSR count). The van der Waals surface area contributed by atoms with Crippen molar-refractivity contribution in [1.29, 1.82) is 0 Å². The summed E-state index contributed by atoms with van der Waals surface area (Å²) in [6, 6.07) is 8.04. The second kappa shape index (κ2) is 5.61. The lowest BCUT2D eigenvalue weighted by Crippen LogP contribution is -2.21. The second-order valence-corrected chi connectivity index (χ2v) is 5.39. The number of allylic oxidation sites excluding steroid dienone is 2. The van der Waals surface area contributed by atoms with E-state index in [1.165, 1.54) is 26.4 Å². The summed E-state index contributed by atoms with van der Waals surface area (Å²) in [5.41, 5.74) is 2.52. The minimum atomic E-state index is -0.0503. The van der Waals surface area contributed by atoms with Gasteiger partial charge in [-0.1, -0.05) is 43.5 Å². The predicted octanol–water partition coefficient (Wildman–Crippen LogP) is 3.54. The van der Waals surface area contributed by atoms with E-state index in [0.29, 0.717) is 17.4 Å². The van der Waals surface area contributed by atoms with E-state index in [1.54, 1.807) is 6.08 Å². The average molecular weight is 269 g/mol. The van der Waals surface area contributed by atoms with Gasteiger partial charge in [-0.05, 0) is 12.8 Å². The topological polar surface area (TPSA) is 38.7 Å². The molecular formula is C17H19NO2. The van der Waals surface area contributed by atoms with Gasteiger partial charge in [0.2, 0.25) is 5.78 Å². The molecule has 1 aromatic rings. The Morgan fingerprint density at radius 1 is 1.10 bits per heavy atom. The van der Waals surface area contributed by atoms with Gasteiger partial charge in [0.15, 0.2) is 5.76 Å². The summed E-state index contributed by atoms with van der Waals surface area (Å²) in [5, 5.41) is 0. The molecule has 1 aromatic carbocycles. The summed E-state index contributed by atoms with van der Waals surface area (Å²) in [6.07, 6.45) is 7.91. The van der Waals surface area contributed by atoms with Gasteiger partial charge < -0.3 is 4.74 Å². The molecule has 3 nitrogen and oxygen atoms in total. The Labute approximate surface area is 119 Å². The molecule has 3 heteroatoms. The van der Waals surface area contributed by atoms with Crippen LogP contribution in [0.2, 0.25) is 0 Å². The second-order valence-electron chi connectivity index (χ2n) is 5.39. The number of benzene rings is 1.